The molecule has 0 spiro atoms. The van der Waals surface area contributed by atoms with E-state index in [9.17, 15) is 18.0 Å². The Morgan fingerprint density at radius 1 is 0.980 bits per heavy atom. The van der Waals surface area contributed by atoms with E-state index in [0.29, 0.717) is 53.9 Å². The maximum atomic E-state index is 14.3. The van der Waals surface area contributed by atoms with Gasteiger partial charge in [0.15, 0.2) is 0 Å². The Bertz CT molecular complexity index is 2080. The zero-order valence-corrected chi connectivity index (χ0v) is 29.7. The fourth-order valence-corrected chi connectivity index (χ4v) is 8.72. The van der Waals surface area contributed by atoms with Crippen LogP contribution >= 0.6 is 11.6 Å². The number of rotatable bonds is 9. The van der Waals surface area contributed by atoms with Crippen molar-refractivity contribution < 1.29 is 27.5 Å². The van der Waals surface area contributed by atoms with Gasteiger partial charge in [0.25, 0.3) is 5.91 Å². The largest absolute Gasteiger partial charge is 0.495 e. The van der Waals surface area contributed by atoms with Crippen molar-refractivity contribution in [3.63, 3.8) is 0 Å². The first-order valence-corrected chi connectivity index (χ1v) is 18.1. The molecular weight excluding hydrogens is 680 g/mol. The van der Waals surface area contributed by atoms with Crippen LogP contribution in [0.15, 0.2) is 65.6 Å². The van der Waals surface area contributed by atoms with E-state index < -0.39 is 16.1 Å². The molecule has 3 heterocycles. The molecule has 1 aromatic heterocycles. The number of nitrogen functional groups attached to an aromatic ring is 1. The first-order valence-electron chi connectivity index (χ1n) is 16.3. The number of aromatic nitrogens is 1. The fourth-order valence-electron chi connectivity index (χ4n) is 6.68. The van der Waals surface area contributed by atoms with Crippen molar-refractivity contribution in [2.75, 3.05) is 39.8 Å². The van der Waals surface area contributed by atoms with Crippen LogP contribution in [0.3, 0.4) is 0 Å². The molecule has 2 fully saturated rings. The summed E-state index contributed by atoms with van der Waals surface area (Å²) in [7, 11) is -2.83. The lowest BCUT2D eigenvalue weighted by molar-refractivity contribution is -0.136. The predicted molar refractivity (Wildman–Crippen MR) is 190 cm³/mol. The summed E-state index contributed by atoms with van der Waals surface area (Å²) in [6, 6.07) is 16.2. The summed E-state index contributed by atoms with van der Waals surface area (Å²) in [5.41, 5.74) is 9.46. The summed E-state index contributed by atoms with van der Waals surface area (Å²) in [5.74, 6) is 0.0179. The second-order valence-corrected chi connectivity index (χ2v) is 14.7. The first-order chi connectivity index (χ1) is 23.9. The lowest BCUT2D eigenvalue weighted by atomic mass is 10.1. The van der Waals surface area contributed by atoms with Crippen molar-refractivity contribution in [3.05, 3.63) is 93.6 Å². The number of nitrogens with one attached hydrogen (secondary N) is 1. The number of para-hydroxylation sites is 1. The molecule has 1 atom stereocenters. The van der Waals surface area contributed by atoms with E-state index >= 15 is 0 Å². The van der Waals surface area contributed by atoms with E-state index in [1.165, 1.54) is 23.5 Å². The van der Waals surface area contributed by atoms with Crippen LogP contribution in [-0.4, -0.2) is 91.0 Å². The van der Waals surface area contributed by atoms with E-state index in [1.54, 1.807) is 40.1 Å². The molecule has 2 aliphatic rings. The van der Waals surface area contributed by atoms with Crippen molar-refractivity contribution in [3.8, 4) is 11.5 Å². The molecule has 2 aliphatic heterocycles. The van der Waals surface area contributed by atoms with Crippen LogP contribution < -0.4 is 15.2 Å². The Labute approximate surface area is 296 Å². The lowest BCUT2D eigenvalue weighted by Crippen LogP contribution is -2.55. The Kier molecular flexibility index (Phi) is 10.0. The third kappa shape index (κ3) is 6.72. The van der Waals surface area contributed by atoms with Crippen molar-refractivity contribution >= 4 is 50.2 Å². The number of pyridine rings is 1. The number of carbonyl (C=O) groups excluding carboxylic acids is 2. The van der Waals surface area contributed by atoms with Crippen LogP contribution in [0, 0.1) is 19.3 Å². The first kappa shape index (κ1) is 35.1. The van der Waals surface area contributed by atoms with E-state index in [1.807, 2.05) is 32.0 Å². The Morgan fingerprint density at radius 3 is 2.34 bits per heavy atom. The summed E-state index contributed by atoms with van der Waals surface area (Å²) >= 11 is 6.61. The number of carbonyl (C=O) groups is 2. The number of amides is 2. The lowest BCUT2D eigenvalue weighted by Gasteiger charge is -2.37. The number of ether oxygens (including phenoxy) is 2. The molecule has 0 saturated carbocycles. The van der Waals surface area contributed by atoms with Gasteiger partial charge in [-0.25, -0.2) is 13.4 Å². The van der Waals surface area contributed by atoms with Gasteiger partial charge in [-0.05, 0) is 68.7 Å². The van der Waals surface area contributed by atoms with Gasteiger partial charge in [0, 0.05) is 54.9 Å². The van der Waals surface area contributed by atoms with Gasteiger partial charge in [-0.2, -0.15) is 4.31 Å². The predicted octanol–water partition coefficient (Wildman–Crippen LogP) is 4.51. The van der Waals surface area contributed by atoms with Gasteiger partial charge in [-0.15, -0.1) is 0 Å². The number of aryl methyl sites for hydroxylation is 2. The Morgan fingerprint density at radius 2 is 1.66 bits per heavy atom. The van der Waals surface area contributed by atoms with Gasteiger partial charge in [-0.3, -0.25) is 15.0 Å². The average Bonchev–Trinajstić information content (AvgIpc) is 3.62. The number of sulfonamides is 1. The topological polar surface area (TPSA) is 159 Å². The number of methoxy groups -OCH3 is 1. The molecule has 0 bridgehead atoms. The molecule has 0 aliphatic carbocycles. The molecular formula is C36H39ClN6O6S. The van der Waals surface area contributed by atoms with Gasteiger partial charge in [0.2, 0.25) is 15.9 Å². The van der Waals surface area contributed by atoms with Crippen LogP contribution in [0.25, 0.3) is 10.9 Å². The van der Waals surface area contributed by atoms with E-state index in [2.05, 4.69) is 4.98 Å². The second-order valence-electron chi connectivity index (χ2n) is 12.5. The van der Waals surface area contributed by atoms with Crippen molar-refractivity contribution in [2.45, 2.75) is 44.2 Å². The molecule has 3 N–H and O–H groups in total. The molecule has 14 heteroatoms. The van der Waals surface area contributed by atoms with Gasteiger partial charge in [-0.1, -0.05) is 35.9 Å². The highest BCUT2D eigenvalue weighted by molar-refractivity contribution is 7.89. The molecule has 50 heavy (non-hydrogen) atoms. The van der Waals surface area contributed by atoms with Crippen LogP contribution in [0.2, 0.25) is 5.02 Å². The summed E-state index contributed by atoms with van der Waals surface area (Å²) < 4.78 is 41.7. The normalized spacial score (nSPS) is 16.8. The maximum Gasteiger partial charge on any atom is 0.253 e. The zero-order valence-electron chi connectivity index (χ0n) is 28.1. The van der Waals surface area contributed by atoms with Crippen molar-refractivity contribution in [1.29, 1.82) is 5.41 Å². The maximum absolute atomic E-state index is 14.3. The smallest absolute Gasteiger partial charge is 0.253 e. The summed E-state index contributed by atoms with van der Waals surface area (Å²) in [6.07, 6.45) is 0.891. The number of nitrogens with two attached hydrogens (primary N) is 1. The molecule has 0 unspecified atom stereocenters. The summed E-state index contributed by atoms with van der Waals surface area (Å²) in [6.45, 7) is 5.16. The highest BCUT2D eigenvalue weighted by Crippen LogP contribution is 2.39. The van der Waals surface area contributed by atoms with Gasteiger partial charge < -0.3 is 25.0 Å². The average molecular weight is 719 g/mol. The second kappa shape index (κ2) is 14.3. The highest BCUT2D eigenvalue weighted by Gasteiger charge is 2.43. The minimum atomic E-state index is -4.21. The molecule has 0 radical (unpaired) electrons. The van der Waals surface area contributed by atoms with Crippen molar-refractivity contribution in [1.82, 2.24) is 19.1 Å². The van der Waals surface area contributed by atoms with Crippen LogP contribution in [0.5, 0.6) is 11.5 Å². The molecule has 2 amide bonds. The van der Waals surface area contributed by atoms with Crippen LogP contribution in [-0.2, 0) is 21.4 Å². The number of amidine groups is 1. The third-order valence-electron chi connectivity index (χ3n) is 9.28. The SMILES string of the molecule is COc1c(S(=O)(=O)N2CCC[C@H]2C(=O)N2CCN(C(=O)c3ccc(C(=N)N)cc3)CC2)ccc(Cl)c1COc1cccc2c(C)cc(C)nc12. The highest BCUT2D eigenvalue weighted by atomic mass is 35.5. The molecule has 12 nitrogen and oxygen atoms in total. The number of fused-ring (bicyclic) bond motifs is 1. The number of halogens is 1. The number of nitrogens with zero attached hydrogens (tertiary/aromatic N) is 4. The third-order valence-corrected chi connectivity index (χ3v) is 11.6. The fraction of sp³-hybridized carbons (Fsp3) is 0.333. The van der Waals surface area contributed by atoms with Gasteiger partial charge in [0.1, 0.15) is 40.4 Å². The molecule has 4 aromatic rings. The molecule has 6 rings (SSSR count). The van der Waals surface area contributed by atoms with E-state index in [0.717, 1.165) is 16.6 Å². The zero-order chi connectivity index (χ0) is 35.7. The van der Waals surface area contributed by atoms with Crippen LogP contribution in [0.4, 0.5) is 0 Å². The van der Waals surface area contributed by atoms with Crippen molar-refractivity contribution in [2.24, 2.45) is 5.73 Å². The van der Waals surface area contributed by atoms with Gasteiger partial charge in [0.05, 0.1) is 17.7 Å². The number of hydrogen-bond donors (Lipinski definition) is 2. The summed E-state index contributed by atoms with van der Waals surface area (Å²) in [4.78, 5) is 34.8. The summed E-state index contributed by atoms with van der Waals surface area (Å²) in [5, 5.41) is 8.77. The monoisotopic (exact) mass is 718 g/mol. The van der Waals surface area contributed by atoms with Crippen LogP contribution in [0.1, 0.15) is 45.6 Å². The molecule has 262 valence electrons. The molecule has 2 saturated heterocycles. The van der Waals surface area contributed by atoms with E-state index in [-0.39, 0.29) is 59.6 Å². The molecule has 3 aromatic carbocycles. The van der Waals surface area contributed by atoms with Gasteiger partial charge >= 0.3 is 0 Å². The number of piperazine rings is 1. The minimum absolute atomic E-state index is 0.0552. The standard InChI is InChI=1S/C36H39ClN6O6S/c1-22-20-23(2)40-32-26(22)6-4-8-30(32)49-21-27-28(37)13-14-31(33(27)48-3)50(46,47)43-15-5-7-29(43)36(45)42-18-16-41(17-19-42)35(44)25-11-9-24(10-12-25)34(38)39/h4,6,8-14,20,29H,5,7,15-19,21H2,1-3H3,(H3,38,39)/t29-/m0/s1. The number of hydrogen-bond acceptors (Lipinski definition) is 8. The van der Waals surface area contributed by atoms with E-state index in [4.69, 9.17) is 32.2 Å². The number of benzene rings is 3. The Hall–Kier alpha value is -4.72. The minimum Gasteiger partial charge on any atom is -0.495 e. The Balaban J connectivity index is 1.18. The quantitative estimate of drug-likeness (QED) is 0.189.